The highest BCUT2D eigenvalue weighted by Crippen LogP contribution is 2.25. The van der Waals surface area contributed by atoms with Gasteiger partial charge in [0.15, 0.2) is 11.5 Å². The minimum atomic E-state index is -0.191. The van der Waals surface area contributed by atoms with Crippen LogP contribution < -0.4 is 5.32 Å². The molecule has 0 aliphatic rings. The number of hydrogen-bond acceptors (Lipinski definition) is 3. The lowest BCUT2D eigenvalue weighted by Gasteiger charge is -2.00. The van der Waals surface area contributed by atoms with Gasteiger partial charge in [0, 0.05) is 18.2 Å². The Morgan fingerprint density at radius 3 is 2.77 bits per heavy atom. The lowest BCUT2D eigenvalue weighted by molar-refractivity contribution is 0.0944. The van der Waals surface area contributed by atoms with E-state index >= 15 is 0 Å². The number of amides is 1. The minimum absolute atomic E-state index is 0.191. The zero-order chi connectivity index (χ0) is 15.4. The lowest BCUT2D eigenvalue weighted by atomic mass is 10.1. The molecule has 0 fully saturated rings. The molecule has 22 heavy (non-hydrogen) atoms. The summed E-state index contributed by atoms with van der Waals surface area (Å²) in [7, 11) is 0. The minimum Gasteiger partial charge on any atom is -0.355 e. The lowest BCUT2D eigenvalue weighted by Crippen LogP contribution is -2.24. The van der Waals surface area contributed by atoms with Gasteiger partial charge in [0.1, 0.15) is 0 Å². The van der Waals surface area contributed by atoms with Gasteiger partial charge in [-0.25, -0.2) is 0 Å². The average Bonchev–Trinajstić information content (AvgIpc) is 3.04. The third kappa shape index (κ3) is 3.01. The van der Waals surface area contributed by atoms with Crippen molar-refractivity contribution < 1.29 is 9.32 Å². The third-order valence-electron chi connectivity index (χ3n) is 3.59. The summed E-state index contributed by atoms with van der Waals surface area (Å²) in [5.74, 6) is 0.413. The van der Waals surface area contributed by atoms with Crippen molar-refractivity contribution in [2.45, 2.75) is 19.8 Å². The van der Waals surface area contributed by atoms with E-state index in [0.717, 1.165) is 23.8 Å². The molecule has 1 aromatic heterocycles. The van der Waals surface area contributed by atoms with Crippen molar-refractivity contribution >= 4 is 16.7 Å². The molecule has 0 atom stereocenters. The van der Waals surface area contributed by atoms with Crippen molar-refractivity contribution in [3.8, 4) is 11.3 Å². The second-order valence-corrected chi connectivity index (χ2v) is 5.25. The van der Waals surface area contributed by atoms with Crippen LogP contribution in [-0.2, 0) is 0 Å². The first-order chi connectivity index (χ1) is 10.8. The summed E-state index contributed by atoms with van der Waals surface area (Å²) >= 11 is 0. The van der Waals surface area contributed by atoms with Crippen LogP contribution in [0.1, 0.15) is 30.3 Å². The van der Waals surface area contributed by atoms with E-state index in [1.165, 1.54) is 5.39 Å². The number of unbranched alkanes of at least 4 members (excludes halogenated alkanes) is 1. The molecule has 0 bridgehead atoms. The molecule has 0 radical (unpaired) electrons. The number of fused-ring (bicyclic) bond motifs is 1. The van der Waals surface area contributed by atoms with Crippen molar-refractivity contribution in [3.63, 3.8) is 0 Å². The highest BCUT2D eigenvalue weighted by atomic mass is 16.5. The maximum absolute atomic E-state index is 11.9. The Bertz CT molecular complexity index is 792. The molecular weight excluding hydrogens is 276 g/mol. The first-order valence-corrected chi connectivity index (χ1v) is 7.52. The summed E-state index contributed by atoms with van der Waals surface area (Å²) in [6, 6.07) is 15.9. The van der Waals surface area contributed by atoms with E-state index in [4.69, 9.17) is 4.52 Å². The standard InChI is InChI=1S/C18H18N2O2/c1-2-3-10-19-18(21)16-12-17(22-20-16)15-9-8-13-6-4-5-7-14(13)11-15/h4-9,11-12H,2-3,10H2,1H3,(H,19,21). The maximum Gasteiger partial charge on any atom is 0.273 e. The van der Waals surface area contributed by atoms with Gasteiger partial charge in [-0.05, 0) is 23.3 Å². The van der Waals surface area contributed by atoms with Crippen LogP contribution >= 0.6 is 0 Å². The van der Waals surface area contributed by atoms with Crippen molar-refractivity contribution in [2.75, 3.05) is 6.54 Å². The van der Waals surface area contributed by atoms with Crippen LogP contribution in [0.25, 0.3) is 22.1 Å². The van der Waals surface area contributed by atoms with E-state index < -0.39 is 0 Å². The van der Waals surface area contributed by atoms with E-state index in [-0.39, 0.29) is 5.91 Å². The molecule has 1 heterocycles. The SMILES string of the molecule is CCCCNC(=O)c1cc(-c2ccc3ccccc3c2)on1. The molecule has 3 aromatic rings. The molecule has 0 unspecified atom stereocenters. The molecule has 0 saturated carbocycles. The van der Waals surface area contributed by atoms with Gasteiger partial charge in [0.2, 0.25) is 0 Å². The van der Waals surface area contributed by atoms with Crippen LogP contribution in [0.5, 0.6) is 0 Å². The Hall–Kier alpha value is -2.62. The number of hydrogen-bond donors (Lipinski definition) is 1. The van der Waals surface area contributed by atoms with Gasteiger partial charge in [0.05, 0.1) is 0 Å². The Kier molecular flexibility index (Phi) is 4.19. The zero-order valence-electron chi connectivity index (χ0n) is 12.5. The Morgan fingerprint density at radius 2 is 1.95 bits per heavy atom. The Morgan fingerprint density at radius 1 is 1.14 bits per heavy atom. The summed E-state index contributed by atoms with van der Waals surface area (Å²) in [4.78, 5) is 11.9. The molecule has 112 valence electrons. The summed E-state index contributed by atoms with van der Waals surface area (Å²) < 4.78 is 5.32. The van der Waals surface area contributed by atoms with E-state index in [0.29, 0.717) is 18.0 Å². The summed E-state index contributed by atoms with van der Waals surface area (Å²) in [5.41, 5.74) is 1.23. The van der Waals surface area contributed by atoms with Gasteiger partial charge in [-0.15, -0.1) is 0 Å². The molecular formula is C18H18N2O2. The Labute approximate surface area is 129 Å². The molecule has 0 aliphatic carbocycles. The number of nitrogens with zero attached hydrogens (tertiary/aromatic N) is 1. The van der Waals surface area contributed by atoms with Crippen molar-refractivity contribution in [1.82, 2.24) is 10.5 Å². The molecule has 4 heteroatoms. The van der Waals surface area contributed by atoms with Gasteiger partial charge in [-0.1, -0.05) is 54.9 Å². The predicted octanol–water partition coefficient (Wildman–Crippen LogP) is 4.02. The fourth-order valence-corrected chi connectivity index (χ4v) is 2.33. The number of carbonyl (C=O) groups excluding carboxylic acids is 1. The van der Waals surface area contributed by atoms with E-state index in [1.807, 2.05) is 36.4 Å². The number of aromatic nitrogens is 1. The fourth-order valence-electron chi connectivity index (χ4n) is 2.33. The summed E-state index contributed by atoms with van der Waals surface area (Å²) in [5, 5.41) is 9.00. The number of carbonyl (C=O) groups is 1. The third-order valence-corrected chi connectivity index (χ3v) is 3.59. The first-order valence-electron chi connectivity index (χ1n) is 7.52. The molecule has 0 saturated heterocycles. The highest BCUT2D eigenvalue weighted by Gasteiger charge is 2.13. The normalized spacial score (nSPS) is 10.8. The highest BCUT2D eigenvalue weighted by molar-refractivity contribution is 5.93. The van der Waals surface area contributed by atoms with Crippen molar-refractivity contribution in [2.24, 2.45) is 0 Å². The second-order valence-electron chi connectivity index (χ2n) is 5.25. The maximum atomic E-state index is 11.9. The second kappa shape index (κ2) is 6.43. The van der Waals surface area contributed by atoms with E-state index in [2.05, 4.69) is 23.5 Å². The summed E-state index contributed by atoms with van der Waals surface area (Å²) in [6.45, 7) is 2.74. The number of benzene rings is 2. The van der Waals surface area contributed by atoms with Gasteiger partial charge >= 0.3 is 0 Å². The van der Waals surface area contributed by atoms with Crippen LogP contribution in [0.4, 0.5) is 0 Å². The van der Waals surface area contributed by atoms with Crippen LogP contribution in [0.3, 0.4) is 0 Å². The van der Waals surface area contributed by atoms with E-state index in [1.54, 1.807) is 6.07 Å². The quantitative estimate of drug-likeness (QED) is 0.723. The topological polar surface area (TPSA) is 55.1 Å². The van der Waals surface area contributed by atoms with Gasteiger partial charge in [0.25, 0.3) is 5.91 Å². The van der Waals surface area contributed by atoms with Gasteiger partial charge in [-0.3, -0.25) is 4.79 Å². The molecule has 0 aliphatic heterocycles. The number of rotatable bonds is 5. The van der Waals surface area contributed by atoms with Crippen LogP contribution in [-0.4, -0.2) is 17.6 Å². The van der Waals surface area contributed by atoms with E-state index in [9.17, 15) is 4.79 Å². The van der Waals surface area contributed by atoms with Crippen molar-refractivity contribution in [3.05, 3.63) is 54.2 Å². The van der Waals surface area contributed by atoms with Crippen LogP contribution in [0.2, 0.25) is 0 Å². The van der Waals surface area contributed by atoms with Gasteiger partial charge < -0.3 is 9.84 Å². The van der Waals surface area contributed by atoms with Gasteiger partial charge in [-0.2, -0.15) is 0 Å². The zero-order valence-corrected chi connectivity index (χ0v) is 12.5. The monoisotopic (exact) mass is 294 g/mol. The Balaban J connectivity index is 1.81. The number of nitrogens with one attached hydrogen (secondary N) is 1. The fraction of sp³-hybridized carbons (Fsp3) is 0.222. The molecule has 4 nitrogen and oxygen atoms in total. The molecule has 0 spiro atoms. The largest absolute Gasteiger partial charge is 0.355 e. The molecule has 1 N–H and O–H groups in total. The summed E-state index contributed by atoms with van der Waals surface area (Å²) in [6.07, 6.45) is 2.00. The average molecular weight is 294 g/mol. The molecule has 3 rings (SSSR count). The van der Waals surface area contributed by atoms with Crippen molar-refractivity contribution in [1.29, 1.82) is 0 Å². The first kappa shape index (κ1) is 14.3. The van der Waals surface area contributed by atoms with Crippen LogP contribution in [0, 0.1) is 0 Å². The molecule has 2 aromatic carbocycles. The predicted molar refractivity (Wildman–Crippen MR) is 86.7 cm³/mol. The molecule has 1 amide bonds. The van der Waals surface area contributed by atoms with Crippen LogP contribution in [0.15, 0.2) is 53.1 Å². The smallest absolute Gasteiger partial charge is 0.273 e.